The molecular weight excluding hydrogens is 230 g/mol. The first-order valence-electron chi connectivity index (χ1n) is 2.28. The Labute approximate surface area is 76.0 Å². The molecule has 0 aliphatic heterocycles. The maximum absolute atomic E-state index is 10.2. The van der Waals surface area contributed by atoms with Gasteiger partial charge in [-0.2, -0.15) is 0 Å². The molecule has 0 rings (SSSR count). The van der Waals surface area contributed by atoms with Crippen LogP contribution in [0.1, 0.15) is 20.8 Å². The van der Waals surface area contributed by atoms with Gasteiger partial charge in [0.1, 0.15) is 0 Å². The van der Waals surface area contributed by atoms with Gasteiger partial charge in [0.25, 0.3) is 0 Å². The van der Waals surface area contributed by atoms with Gasteiger partial charge in [0.2, 0.25) is 0 Å². The van der Waals surface area contributed by atoms with Crippen LogP contribution in [0.2, 0.25) is 0 Å². The van der Waals surface area contributed by atoms with Crippen LogP contribution in [0, 0.1) is 0 Å². The molecule has 0 aliphatic carbocycles. The van der Waals surface area contributed by atoms with Crippen LogP contribution in [0.25, 0.3) is 0 Å². The maximum Gasteiger partial charge on any atom is 0.152 e. The van der Waals surface area contributed by atoms with Crippen LogP contribution in [-0.2, 0) is 25.2 Å². The molecule has 0 amide bonds. The van der Waals surface area contributed by atoms with Crippen LogP contribution in [0.15, 0.2) is 11.6 Å². The van der Waals surface area contributed by atoms with Gasteiger partial charge in [-0.1, -0.05) is 5.57 Å². The van der Waals surface area contributed by atoms with Crippen molar-refractivity contribution in [2.45, 2.75) is 20.8 Å². The van der Waals surface area contributed by atoms with Crippen molar-refractivity contribution >= 4 is 18.2 Å². The predicted molar refractivity (Wildman–Crippen MR) is 37.4 cm³/mol. The molecule has 0 radical (unpaired) electrons. The number of allylic oxidation sites excluding steroid dienone is 2. The number of ketones is 1. The van der Waals surface area contributed by atoms with Gasteiger partial charge in [-0.25, -0.2) is 0 Å². The molecule has 0 N–H and O–H groups in total. The van der Waals surface area contributed by atoms with E-state index in [0.717, 1.165) is 5.57 Å². The van der Waals surface area contributed by atoms with E-state index in [1.54, 1.807) is 13.0 Å². The monoisotopic (exact) mass is 240 g/mol. The van der Waals surface area contributed by atoms with Crippen LogP contribution in [0.4, 0.5) is 0 Å². The zero-order valence-corrected chi connectivity index (χ0v) is 8.08. The second-order valence-corrected chi connectivity index (χ2v) is 1.83. The number of rotatable bonds is 1. The predicted octanol–water partition coefficient (Wildman–Crippen LogP) is 1.96. The number of hydrogen-bond acceptors (Lipinski definition) is 1. The fourth-order valence-corrected chi connectivity index (χ4v) is 0.407. The summed E-state index contributed by atoms with van der Waals surface area (Å²) < 4.78 is 0. The van der Waals surface area contributed by atoms with Gasteiger partial charge in [-0.3, -0.25) is 4.79 Å². The van der Waals surface area contributed by atoms with Crippen molar-refractivity contribution < 1.29 is 25.2 Å². The van der Waals surface area contributed by atoms with Gasteiger partial charge in [0, 0.05) is 20.4 Å². The van der Waals surface area contributed by atoms with Gasteiger partial charge < -0.3 is 0 Å². The van der Waals surface area contributed by atoms with E-state index in [9.17, 15) is 4.79 Å². The molecule has 1 nitrogen and oxygen atoms in total. The number of halogens is 1. The van der Waals surface area contributed by atoms with E-state index in [1.807, 2.05) is 13.8 Å². The topological polar surface area (TPSA) is 17.1 Å². The van der Waals surface area contributed by atoms with Gasteiger partial charge in [-0.15, -0.1) is 12.4 Å². The van der Waals surface area contributed by atoms with Crippen molar-refractivity contribution in [3.63, 3.8) is 0 Å². The normalized spacial score (nSPS) is 6.11. The molecule has 0 bridgehead atoms. The Kier molecular flexibility index (Phi) is 15.0. The molecule has 0 fully saturated rings. The van der Waals surface area contributed by atoms with Crippen molar-refractivity contribution in [3.8, 4) is 0 Å². The largest absolute Gasteiger partial charge is 0.295 e. The zero-order chi connectivity index (χ0) is 5.86. The van der Waals surface area contributed by atoms with Gasteiger partial charge in [0.05, 0.1) is 0 Å². The van der Waals surface area contributed by atoms with Gasteiger partial charge in [0.15, 0.2) is 5.78 Å². The second-order valence-electron chi connectivity index (χ2n) is 1.83. The van der Waals surface area contributed by atoms with Crippen LogP contribution in [-0.4, -0.2) is 5.78 Å². The Morgan fingerprint density at radius 3 is 1.56 bits per heavy atom. The smallest absolute Gasteiger partial charge is 0.152 e. The number of carbonyl (C=O) groups excluding carboxylic acids is 1. The Morgan fingerprint density at radius 1 is 1.22 bits per heavy atom. The van der Waals surface area contributed by atoms with Crippen LogP contribution < -0.4 is 0 Å². The first-order chi connectivity index (χ1) is 3.13. The summed E-state index contributed by atoms with van der Waals surface area (Å²) in [6.45, 7) is 5.36. The third-order valence-corrected chi connectivity index (χ3v) is 0.492. The molecule has 0 heterocycles. The SMILES string of the molecule is CC(=O)C=C(C)C.Cl.[Pd]. The average molecular weight is 241 g/mol. The third kappa shape index (κ3) is 17.8. The summed E-state index contributed by atoms with van der Waals surface area (Å²) in [4.78, 5) is 10.2. The van der Waals surface area contributed by atoms with E-state index in [0.29, 0.717) is 0 Å². The maximum atomic E-state index is 10.2. The minimum Gasteiger partial charge on any atom is -0.295 e. The summed E-state index contributed by atoms with van der Waals surface area (Å²) in [5.74, 6) is 0.125. The standard InChI is InChI=1S/C6H10O.ClH.Pd/c1-5(2)4-6(3)7;;/h4H,1-3H3;1H;. The minimum atomic E-state index is 0. The van der Waals surface area contributed by atoms with Crippen LogP contribution in [0.3, 0.4) is 0 Å². The molecule has 0 aromatic rings. The molecule has 0 saturated heterocycles. The summed E-state index contributed by atoms with van der Waals surface area (Å²) in [7, 11) is 0. The zero-order valence-electron chi connectivity index (χ0n) is 5.71. The number of carbonyl (C=O) groups is 1. The quantitative estimate of drug-likeness (QED) is 0.506. The Balaban J connectivity index is -0.000000180. The van der Waals surface area contributed by atoms with E-state index >= 15 is 0 Å². The van der Waals surface area contributed by atoms with Crippen LogP contribution in [0.5, 0.6) is 0 Å². The molecular formula is C6H11ClOPd. The summed E-state index contributed by atoms with van der Waals surface area (Å²) in [5, 5.41) is 0. The van der Waals surface area contributed by atoms with Gasteiger partial charge >= 0.3 is 0 Å². The van der Waals surface area contributed by atoms with Crippen molar-refractivity contribution in [1.82, 2.24) is 0 Å². The Morgan fingerprint density at radius 2 is 1.56 bits per heavy atom. The first-order valence-corrected chi connectivity index (χ1v) is 2.28. The van der Waals surface area contributed by atoms with E-state index in [2.05, 4.69) is 0 Å². The summed E-state index contributed by atoms with van der Waals surface area (Å²) >= 11 is 0. The summed E-state index contributed by atoms with van der Waals surface area (Å²) in [6.07, 6.45) is 1.61. The number of hydrogen-bond donors (Lipinski definition) is 0. The molecule has 0 atom stereocenters. The molecule has 58 valence electrons. The summed E-state index contributed by atoms with van der Waals surface area (Å²) in [5.41, 5.74) is 1.06. The molecule has 0 unspecified atom stereocenters. The third-order valence-electron chi connectivity index (χ3n) is 0.492. The molecule has 9 heavy (non-hydrogen) atoms. The molecule has 0 aromatic heterocycles. The molecule has 0 saturated carbocycles. The van der Waals surface area contributed by atoms with Crippen molar-refractivity contribution in [3.05, 3.63) is 11.6 Å². The fraction of sp³-hybridized carbons (Fsp3) is 0.500. The summed E-state index contributed by atoms with van der Waals surface area (Å²) in [6, 6.07) is 0. The molecule has 0 spiro atoms. The second kappa shape index (κ2) is 8.36. The van der Waals surface area contributed by atoms with E-state index in [-0.39, 0.29) is 38.6 Å². The molecule has 0 aliphatic rings. The van der Waals surface area contributed by atoms with Crippen molar-refractivity contribution in [2.75, 3.05) is 0 Å². The Bertz CT molecular complexity index is 106. The first kappa shape index (κ1) is 16.2. The van der Waals surface area contributed by atoms with Crippen molar-refractivity contribution in [2.24, 2.45) is 0 Å². The van der Waals surface area contributed by atoms with E-state index in [4.69, 9.17) is 0 Å². The van der Waals surface area contributed by atoms with E-state index in [1.165, 1.54) is 0 Å². The Hall–Kier alpha value is 0.362. The van der Waals surface area contributed by atoms with Gasteiger partial charge in [-0.05, 0) is 26.8 Å². The molecule has 0 aromatic carbocycles. The minimum absolute atomic E-state index is 0. The van der Waals surface area contributed by atoms with Crippen molar-refractivity contribution in [1.29, 1.82) is 0 Å². The van der Waals surface area contributed by atoms with Crippen LogP contribution >= 0.6 is 12.4 Å². The fourth-order valence-electron chi connectivity index (χ4n) is 0.407. The molecule has 3 heteroatoms. The average Bonchev–Trinajstić information content (AvgIpc) is 1.27. The van der Waals surface area contributed by atoms with E-state index < -0.39 is 0 Å².